The molecule has 7 heteroatoms. The molecule has 1 saturated heterocycles. The van der Waals surface area contributed by atoms with E-state index in [-0.39, 0.29) is 5.91 Å². The summed E-state index contributed by atoms with van der Waals surface area (Å²) in [6, 6.07) is 10.6. The summed E-state index contributed by atoms with van der Waals surface area (Å²) in [5.41, 5.74) is 1.58. The van der Waals surface area contributed by atoms with Gasteiger partial charge in [0.05, 0.1) is 5.56 Å². The van der Waals surface area contributed by atoms with Gasteiger partial charge in [-0.3, -0.25) is 4.79 Å². The number of nitrogens with zero attached hydrogens (tertiary/aromatic N) is 3. The number of carbonyl (C=O) groups excluding carboxylic acids is 1. The maximum absolute atomic E-state index is 12.6. The topological polar surface area (TPSA) is 36.4 Å². The van der Waals surface area contributed by atoms with Gasteiger partial charge in [0, 0.05) is 38.8 Å². The molecule has 3 rings (SSSR count). The number of alkyl halides is 3. The van der Waals surface area contributed by atoms with E-state index in [1.807, 2.05) is 41.0 Å². The summed E-state index contributed by atoms with van der Waals surface area (Å²) >= 11 is 0. The summed E-state index contributed by atoms with van der Waals surface area (Å²) in [6.45, 7) is 4.26. The Kier molecular flexibility index (Phi) is 5.68. The molecular formula is C20H22F3N3O. The summed E-state index contributed by atoms with van der Waals surface area (Å²) in [5, 5.41) is 0. The molecule has 0 bridgehead atoms. The molecule has 1 amide bonds. The average Bonchev–Trinajstić information content (AvgIpc) is 2.67. The highest BCUT2D eigenvalue weighted by Gasteiger charge is 2.31. The number of aryl methyl sites for hydroxylation is 2. The summed E-state index contributed by atoms with van der Waals surface area (Å²) in [5.74, 6) is 0.616. The quantitative estimate of drug-likeness (QED) is 0.815. The molecule has 2 heterocycles. The van der Waals surface area contributed by atoms with E-state index >= 15 is 0 Å². The molecule has 1 aromatic carbocycles. The minimum Gasteiger partial charge on any atom is -0.353 e. The van der Waals surface area contributed by atoms with E-state index in [1.54, 1.807) is 0 Å². The monoisotopic (exact) mass is 377 g/mol. The highest BCUT2D eigenvalue weighted by Crippen LogP contribution is 2.29. The van der Waals surface area contributed by atoms with Crippen molar-refractivity contribution in [1.82, 2.24) is 9.88 Å². The van der Waals surface area contributed by atoms with Gasteiger partial charge in [-0.1, -0.05) is 29.8 Å². The van der Waals surface area contributed by atoms with Crippen LogP contribution in [0.5, 0.6) is 0 Å². The van der Waals surface area contributed by atoms with Crippen molar-refractivity contribution in [3.05, 3.63) is 59.3 Å². The van der Waals surface area contributed by atoms with Gasteiger partial charge in [-0.15, -0.1) is 0 Å². The number of rotatable bonds is 4. The lowest BCUT2D eigenvalue weighted by Gasteiger charge is -2.35. The van der Waals surface area contributed by atoms with Gasteiger partial charge in [0.25, 0.3) is 0 Å². The van der Waals surface area contributed by atoms with Crippen LogP contribution in [0.2, 0.25) is 0 Å². The fourth-order valence-corrected chi connectivity index (χ4v) is 3.09. The number of piperazine rings is 1. The lowest BCUT2D eigenvalue weighted by Crippen LogP contribution is -2.49. The van der Waals surface area contributed by atoms with Gasteiger partial charge in [-0.25, -0.2) is 4.98 Å². The van der Waals surface area contributed by atoms with Crippen molar-refractivity contribution < 1.29 is 18.0 Å². The maximum atomic E-state index is 12.6. The number of amides is 1. The predicted molar refractivity (Wildman–Crippen MR) is 97.5 cm³/mol. The van der Waals surface area contributed by atoms with Crippen LogP contribution in [0.25, 0.3) is 0 Å². The van der Waals surface area contributed by atoms with E-state index in [9.17, 15) is 18.0 Å². The predicted octanol–water partition coefficient (Wildman–Crippen LogP) is 3.69. The Hall–Kier alpha value is -2.57. The lowest BCUT2D eigenvalue weighted by atomic mass is 10.1. The number of hydrogen-bond donors (Lipinski definition) is 0. The Balaban J connectivity index is 1.49. The van der Waals surface area contributed by atoms with E-state index in [1.165, 1.54) is 11.6 Å². The first-order valence-corrected chi connectivity index (χ1v) is 8.94. The fourth-order valence-electron chi connectivity index (χ4n) is 3.09. The van der Waals surface area contributed by atoms with E-state index in [4.69, 9.17) is 0 Å². The number of hydrogen-bond acceptors (Lipinski definition) is 3. The van der Waals surface area contributed by atoms with Crippen molar-refractivity contribution in [3.63, 3.8) is 0 Å². The summed E-state index contributed by atoms with van der Waals surface area (Å²) < 4.78 is 37.9. The normalized spacial score (nSPS) is 15.1. The van der Waals surface area contributed by atoms with Gasteiger partial charge >= 0.3 is 6.18 Å². The minimum atomic E-state index is -4.38. The van der Waals surface area contributed by atoms with Crippen LogP contribution >= 0.6 is 0 Å². The van der Waals surface area contributed by atoms with Crippen LogP contribution in [-0.2, 0) is 17.4 Å². The Morgan fingerprint density at radius 3 is 2.26 bits per heavy atom. The standard InChI is InChI=1S/C20H22F3N3O/c1-15-2-4-16(5-3-15)6-9-19(27)26-12-10-25(11-13-26)18-8-7-17(14-24-18)20(21,22)23/h2-5,7-8,14H,6,9-13H2,1H3. The van der Waals surface area contributed by atoms with Crippen LogP contribution in [0.1, 0.15) is 23.1 Å². The molecule has 1 aliphatic rings. The third-order valence-electron chi connectivity index (χ3n) is 4.78. The smallest absolute Gasteiger partial charge is 0.353 e. The maximum Gasteiger partial charge on any atom is 0.417 e. The first-order chi connectivity index (χ1) is 12.8. The van der Waals surface area contributed by atoms with Crippen molar-refractivity contribution in [2.45, 2.75) is 25.9 Å². The molecule has 27 heavy (non-hydrogen) atoms. The Labute approximate surface area is 156 Å². The van der Waals surface area contributed by atoms with Crippen molar-refractivity contribution in [1.29, 1.82) is 0 Å². The molecule has 2 aromatic rings. The second-order valence-corrected chi connectivity index (χ2v) is 6.76. The van der Waals surface area contributed by atoms with Gasteiger partial charge in [0.1, 0.15) is 5.82 Å². The molecule has 0 radical (unpaired) electrons. The van der Waals surface area contributed by atoms with Crippen LogP contribution in [0.15, 0.2) is 42.6 Å². The van der Waals surface area contributed by atoms with Crippen LogP contribution < -0.4 is 4.90 Å². The van der Waals surface area contributed by atoms with Gasteiger partial charge in [0.2, 0.25) is 5.91 Å². The van der Waals surface area contributed by atoms with Crippen molar-refractivity contribution >= 4 is 11.7 Å². The number of halogens is 3. The lowest BCUT2D eigenvalue weighted by molar-refractivity contribution is -0.137. The second-order valence-electron chi connectivity index (χ2n) is 6.76. The third kappa shape index (κ3) is 4.99. The number of aromatic nitrogens is 1. The van der Waals surface area contributed by atoms with E-state index in [0.29, 0.717) is 44.8 Å². The first-order valence-electron chi connectivity index (χ1n) is 8.94. The molecule has 4 nitrogen and oxygen atoms in total. The molecular weight excluding hydrogens is 355 g/mol. The molecule has 0 saturated carbocycles. The molecule has 0 unspecified atom stereocenters. The first kappa shape index (κ1) is 19.2. The van der Waals surface area contributed by atoms with E-state index in [2.05, 4.69) is 4.98 Å². The second kappa shape index (κ2) is 7.98. The number of carbonyl (C=O) groups is 1. The van der Waals surface area contributed by atoms with Crippen LogP contribution in [0, 0.1) is 6.92 Å². The summed E-state index contributed by atoms with van der Waals surface area (Å²) in [4.78, 5) is 20.0. The SMILES string of the molecule is Cc1ccc(CCC(=O)N2CCN(c3ccc(C(F)(F)F)cn3)CC2)cc1. The molecule has 1 aromatic heterocycles. The molecule has 1 fully saturated rings. The Bertz CT molecular complexity index is 765. The van der Waals surface area contributed by atoms with Crippen LogP contribution in [-0.4, -0.2) is 42.0 Å². The molecule has 0 N–H and O–H groups in total. The van der Waals surface area contributed by atoms with E-state index < -0.39 is 11.7 Å². The fraction of sp³-hybridized carbons (Fsp3) is 0.400. The Morgan fingerprint density at radius 2 is 1.70 bits per heavy atom. The van der Waals surface area contributed by atoms with Crippen molar-refractivity contribution in [3.8, 4) is 0 Å². The van der Waals surface area contributed by atoms with Gasteiger partial charge in [0.15, 0.2) is 0 Å². The van der Waals surface area contributed by atoms with Crippen molar-refractivity contribution in [2.75, 3.05) is 31.1 Å². The van der Waals surface area contributed by atoms with Crippen LogP contribution in [0.3, 0.4) is 0 Å². The highest BCUT2D eigenvalue weighted by molar-refractivity contribution is 5.76. The zero-order chi connectivity index (χ0) is 19.4. The third-order valence-corrected chi connectivity index (χ3v) is 4.78. The molecule has 144 valence electrons. The van der Waals surface area contributed by atoms with Crippen LogP contribution in [0.4, 0.5) is 19.0 Å². The minimum absolute atomic E-state index is 0.107. The molecule has 0 aliphatic carbocycles. The summed E-state index contributed by atoms with van der Waals surface area (Å²) in [6.07, 6.45) is -2.36. The molecule has 0 atom stereocenters. The average molecular weight is 377 g/mol. The number of pyridine rings is 1. The molecule has 0 spiro atoms. The molecule has 1 aliphatic heterocycles. The van der Waals surface area contributed by atoms with Gasteiger partial charge in [-0.05, 0) is 31.0 Å². The van der Waals surface area contributed by atoms with E-state index in [0.717, 1.165) is 17.8 Å². The number of benzene rings is 1. The zero-order valence-electron chi connectivity index (χ0n) is 15.2. The zero-order valence-corrected chi connectivity index (χ0v) is 15.2. The highest BCUT2D eigenvalue weighted by atomic mass is 19.4. The van der Waals surface area contributed by atoms with Crippen molar-refractivity contribution in [2.24, 2.45) is 0 Å². The van der Waals surface area contributed by atoms with Gasteiger partial charge < -0.3 is 9.80 Å². The van der Waals surface area contributed by atoms with Gasteiger partial charge in [-0.2, -0.15) is 13.2 Å². The summed E-state index contributed by atoms with van der Waals surface area (Å²) in [7, 11) is 0. The largest absolute Gasteiger partial charge is 0.417 e. The number of anilines is 1. The Morgan fingerprint density at radius 1 is 1.04 bits per heavy atom.